The van der Waals surface area contributed by atoms with Crippen LogP contribution in [-0.2, 0) is 16.1 Å². The molecule has 142 valence electrons. The second-order valence-corrected chi connectivity index (χ2v) is 6.23. The van der Waals surface area contributed by atoms with Crippen LogP contribution in [0.15, 0.2) is 42.7 Å². The third-order valence-electron chi connectivity index (χ3n) is 4.30. The maximum absolute atomic E-state index is 12.0. The van der Waals surface area contributed by atoms with Gasteiger partial charge in [-0.1, -0.05) is 31.2 Å². The highest BCUT2D eigenvalue weighted by Gasteiger charge is 2.16. The van der Waals surface area contributed by atoms with Gasteiger partial charge in [-0.15, -0.1) is 0 Å². The number of carboxylic acids is 1. The number of hydrogen-bond acceptors (Lipinski definition) is 4. The van der Waals surface area contributed by atoms with Crippen LogP contribution in [0.5, 0.6) is 5.75 Å². The summed E-state index contributed by atoms with van der Waals surface area (Å²) in [5, 5.41) is 9.43. The smallest absolute Gasteiger partial charge is 0.339 e. The summed E-state index contributed by atoms with van der Waals surface area (Å²) in [5.74, 6) is -0.301. The van der Waals surface area contributed by atoms with Gasteiger partial charge >= 0.3 is 5.97 Å². The van der Waals surface area contributed by atoms with E-state index in [2.05, 4.69) is 0 Å². The Balaban J connectivity index is 2.30. The molecule has 0 amide bonds. The fourth-order valence-electron chi connectivity index (χ4n) is 2.85. The van der Waals surface area contributed by atoms with E-state index in [0.717, 1.165) is 16.7 Å². The van der Waals surface area contributed by atoms with Crippen LogP contribution in [-0.4, -0.2) is 24.0 Å². The Labute approximate surface area is 159 Å². The molecule has 0 atom stereocenters. The number of aliphatic carboxylic acids is 1. The summed E-state index contributed by atoms with van der Waals surface area (Å²) >= 11 is 0. The molecule has 0 heterocycles. The maximum atomic E-state index is 12.0. The molecule has 0 aliphatic carbocycles. The number of hydrogen-bond donors (Lipinski definition) is 1. The third kappa shape index (κ3) is 4.76. The van der Waals surface area contributed by atoms with E-state index in [1.807, 2.05) is 45.0 Å². The van der Waals surface area contributed by atoms with Gasteiger partial charge in [0.25, 0.3) is 0 Å². The van der Waals surface area contributed by atoms with Crippen molar-refractivity contribution in [3.63, 3.8) is 0 Å². The van der Waals surface area contributed by atoms with Crippen molar-refractivity contribution >= 4 is 17.3 Å². The number of Topliss-reactive ketones (excluding diaryl/α,β-unsaturated/α-hetero) is 1. The van der Waals surface area contributed by atoms with Gasteiger partial charge in [-0.3, -0.25) is 4.79 Å². The van der Waals surface area contributed by atoms with Crippen LogP contribution < -0.4 is 4.74 Å². The number of aryl methyl sites for hydroxylation is 2. The van der Waals surface area contributed by atoms with Crippen LogP contribution in [0.4, 0.5) is 0 Å². The summed E-state index contributed by atoms with van der Waals surface area (Å²) in [5.41, 5.74) is 3.77. The van der Waals surface area contributed by atoms with E-state index >= 15 is 0 Å². The monoisotopic (exact) mass is 368 g/mol. The molecule has 2 aromatic carbocycles. The van der Waals surface area contributed by atoms with Gasteiger partial charge in [0.15, 0.2) is 5.78 Å². The lowest BCUT2D eigenvalue weighted by Gasteiger charge is -2.15. The third-order valence-corrected chi connectivity index (χ3v) is 4.30. The van der Waals surface area contributed by atoms with Crippen LogP contribution in [0.3, 0.4) is 0 Å². The quantitative estimate of drug-likeness (QED) is 0.420. The number of ether oxygens (including phenoxy) is 2. The second-order valence-electron chi connectivity index (χ2n) is 6.23. The first-order chi connectivity index (χ1) is 12.9. The Morgan fingerprint density at radius 3 is 2.41 bits per heavy atom. The molecule has 0 bridgehead atoms. The molecule has 2 aromatic rings. The fraction of sp³-hybridized carbons (Fsp3) is 0.273. The Kier molecular flexibility index (Phi) is 6.77. The molecular formula is C22H24O5. The summed E-state index contributed by atoms with van der Waals surface area (Å²) in [6.07, 6.45) is 1.67. The number of ketones is 1. The molecule has 5 heteroatoms. The van der Waals surface area contributed by atoms with Gasteiger partial charge in [-0.05, 0) is 48.2 Å². The van der Waals surface area contributed by atoms with E-state index < -0.39 is 5.97 Å². The molecule has 0 aliphatic heterocycles. The summed E-state index contributed by atoms with van der Waals surface area (Å²) in [7, 11) is 1.41. The number of carbonyl (C=O) groups excluding carboxylic acids is 1. The van der Waals surface area contributed by atoms with E-state index in [1.165, 1.54) is 13.4 Å². The molecular weight excluding hydrogens is 344 g/mol. The summed E-state index contributed by atoms with van der Waals surface area (Å²) in [6, 6.07) is 10.8. The zero-order valence-corrected chi connectivity index (χ0v) is 16.0. The molecule has 0 saturated carbocycles. The average Bonchev–Trinajstić information content (AvgIpc) is 2.66. The summed E-state index contributed by atoms with van der Waals surface area (Å²) in [4.78, 5) is 23.5. The minimum Gasteiger partial charge on any atom is -0.503 e. The highest BCUT2D eigenvalue weighted by molar-refractivity contribution is 6.15. The predicted octanol–water partition coefficient (Wildman–Crippen LogP) is 4.55. The SMILES string of the molecule is CCC(=O)c1cc(C)c(OCc2ccccc2C(=COC)C(=O)O)cc1C. The van der Waals surface area contributed by atoms with E-state index in [9.17, 15) is 14.7 Å². The highest BCUT2D eigenvalue weighted by Crippen LogP contribution is 2.26. The van der Waals surface area contributed by atoms with Gasteiger partial charge in [-0.25, -0.2) is 4.79 Å². The summed E-state index contributed by atoms with van der Waals surface area (Å²) < 4.78 is 10.9. The molecule has 0 radical (unpaired) electrons. The van der Waals surface area contributed by atoms with Crippen LogP contribution >= 0.6 is 0 Å². The number of methoxy groups -OCH3 is 1. The second kappa shape index (κ2) is 9.03. The zero-order chi connectivity index (χ0) is 20.0. The number of rotatable bonds is 8. The normalized spacial score (nSPS) is 11.2. The van der Waals surface area contributed by atoms with Crippen molar-refractivity contribution < 1.29 is 24.2 Å². The largest absolute Gasteiger partial charge is 0.503 e. The Bertz CT molecular complexity index is 880. The van der Waals surface area contributed by atoms with Gasteiger partial charge in [0.2, 0.25) is 0 Å². The molecule has 0 spiro atoms. The Morgan fingerprint density at radius 1 is 1.07 bits per heavy atom. The van der Waals surface area contributed by atoms with E-state index in [-0.39, 0.29) is 18.0 Å². The van der Waals surface area contributed by atoms with Gasteiger partial charge in [-0.2, -0.15) is 0 Å². The number of carbonyl (C=O) groups is 2. The first-order valence-corrected chi connectivity index (χ1v) is 8.70. The number of carboxylic acid groups (broad SMARTS) is 1. The number of benzene rings is 2. The van der Waals surface area contributed by atoms with Gasteiger partial charge in [0, 0.05) is 12.0 Å². The first kappa shape index (κ1) is 20.2. The van der Waals surface area contributed by atoms with Crippen molar-refractivity contribution in [3.05, 3.63) is 70.5 Å². The molecule has 0 aliphatic rings. The van der Waals surface area contributed by atoms with Gasteiger partial charge in [0.05, 0.1) is 13.4 Å². The van der Waals surface area contributed by atoms with E-state index in [4.69, 9.17) is 9.47 Å². The molecule has 2 rings (SSSR count). The minimum atomic E-state index is -1.07. The highest BCUT2D eigenvalue weighted by atomic mass is 16.5. The Morgan fingerprint density at radius 2 is 1.78 bits per heavy atom. The zero-order valence-electron chi connectivity index (χ0n) is 16.0. The molecule has 5 nitrogen and oxygen atoms in total. The average molecular weight is 368 g/mol. The topological polar surface area (TPSA) is 72.8 Å². The molecule has 0 saturated heterocycles. The predicted molar refractivity (Wildman–Crippen MR) is 104 cm³/mol. The lowest BCUT2D eigenvalue weighted by atomic mass is 9.99. The molecule has 0 unspecified atom stereocenters. The summed E-state index contributed by atoms with van der Waals surface area (Å²) in [6.45, 7) is 5.81. The standard InChI is InChI=1S/C22H24O5/c1-5-20(23)18-10-15(3)21(11-14(18)2)27-12-16-8-6-7-9-17(16)19(13-26-4)22(24)25/h6-11,13H,5,12H2,1-4H3,(H,24,25). The van der Waals surface area contributed by atoms with Crippen molar-refractivity contribution in [1.82, 2.24) is 0 Å². The molecule has 1 N–H and O–H groups in total. The van der Waals surface area contributed by atoms with Crippen LogP contribution in [0.25, 0.3) is 5.57 Å². The minimum absolute atomic E-state index is 0.0634. The van der Waals surface area contributed by atoms with Gasteiger partial charge < -0.3 is 14.6 Å². The van der Waals surface area contributed by atoms with E-state index in [0.29, 0.717) is 23.3 Å². The van der Waals surface area contributed by atoms with Crippen LogP contribution in [0.2, 0.25) is 0 Å². The molecule has 0 fully saturated rings. The molecule has 27 heavy (non-hydrogen) atoms. The van der Waals surface area contributed by atoms with Crippen LogP contribution in [0, 0.1) is 13.8 Å². The van der Waals surface area contributed by atoms with Crippen molar-refractivity contribution in [3.8, 4) is 5.75 Å². The Hall–Kier alpha value is -3.08. The van der Waals surface area contributed by atoms with Gasteiger partial charge in [0.1, 0.15) is 17.9 Å². The lowest BCUT2D eigenvalue weighted by Crippen LogP contribution is -2.07. The van der Waals surface area contributed by atoms with Crippen LogP contribution in [0.1, 0.15) is 46.0 Å². The van der Waals surface area contributed by atoms with Crippen molar-refractivity contribution in [1.29, 1.82) is 0 Å². The molecule has 0 aromatic heterocycles. The fourth-order valence-corrected chi connectivity index (χ4v) is 2.85. The maximum Gasteiger partial charge on any atom is 0.339 e. The first-order valence-electron chi connectivity index (χ1n) is 8.70. The van der Waals surface area contributed by atoms with Crippen molar-refractivity contribution in [2.75, 3.05) is 7.11 Å². The van der Waals surface area contributed by atoms with Crippen molar-refractivity contribution in [2.45, 2.75) is 33.8 Å². The lowest BCUT2D eigenvalue weighted by molar-refractivity contribution is -0.130. The van der Waals surface area contributed by atoms with Crippen molar-refractivity contribution in [2.24, 2.45) is 0 Å². The van der Waals surface area contributed by atoms with E-state index in [1.54, 1.807) is 12.1 Å².